The Kier molecular flexibility index (Phi) is 6.39. The fraction of sp³-hybridized carbons (Fsp3) is 0.524. The van der Waals surface area contributed by atoms with Crippen LogP contribution in [-0.4, -0.2) is 63.5 Å². The third-order valence-corrected chi connectivity index (χ3v) is 5.68. The molecule has 2 aromatic rings. The van der Waals surface area contributed by atoms with Crippen molar-refractivity contribution in [2.45, 2.75) is 38.9 Å². The van der Waals surface area contributed by atoms with Gasteiger partial charge >= 0.3 is 5.69 Å². The van der Waals surface area contributed by atoms with Crippen LogP contribution in [-0.2, 0) is 13.1 Å². The minimum Gasteiger partial charge on any atom is -0.361 e. The molecule has 30 heavy (non-hydrogen) atoms. The van der Waals surface area contributed by atoms with E-state index in [-0.39, 0.29) is 11.7 Å². The number of nitro groups is 1. The number of hydrogen-bond donors (Lipinski definition) is 2. The van der Waals surface area contributed by atoms with Gasteiger partial charge in [0.15, 0.2) is 0 Å². The lowest BCUT2D eigenvalue weighted by Crippen LogP contribution is -2.45. The first-order chi connectivity index (χ1) is 14.6. The highest BCUT2D eigenvalue weighted by molar-refractivity contribution is 5.58. The van der Waals surface area contributed by atoms with Crippen LogP contribution in [0.4, 0.5) is 17.5 Å². The largest absolute Gasteiger partial charge is 0.361 e. The van der Waals surface area contributed by atoms with Gasteiger partial charge in [-0.3, -0.25) is 15.0 Å². The average molecular weight is 412 g/mol. The SMILES string of the molecule is CCN1CCN(Cc2ccc(CNc3ncc([N+](=O)[O-])c(NC4CC4)n3)cc2)CC1. The average Bonchev–Trinajstić information content (AvgIpc) is 3.58. The Morgan fingerprint density at radius 3 is 2.40 bits per heavy atom. The molecule has 2 N–H and O–H groups in total. The van der Waals surface area contributed by atoms with Crippen LogP contribution in [0.5, 0.6) is 0 Å². The Bertz CT molecular complexity index is 862. The predicted molar refractivity (Wildman–Crippen MR) is 116 cm³/mol. The van der Waals surface area contributed by atoms with Gasteiger partial charge in [0.25, 0.3) is 0 Å². The van der Waals surface area contributed by atoms with Gasteiger partial charge in [-0.15, -0.1) is 0 Å². The molecule has 1 saturated carbocycles. The highest BCUT2D eigenvalue weighted by Gasteiger charge is 2.26. The smallest absolute Gasteiger partial charge is 0.329 e. The summed E-state index contributed by atoms with van der Waals surface area (Å²) < 4.78 is 0. The fourth-order valence-corrected chi connectivity index (χ4v) is 3.59. The minimum atomic E-state index is -0.449. The van der Waals surface area contributed by atoms with Gasteiger partial charge in [0.2, 0.25) is 11.8 Å². The van der Waals surface area contributed by atoms with E-state index < -0.39 is 4.92 Å². The minimum absolute atomic E-state index is 0.0865. The van der Waals surface area contributed by atoms with Crippen LogP contribution in [0.15, 0.2) is 30.5 Å². The van der Waals surface area contributed by atoms with Crippen molar-refractivity contribution in [3.63, 3.8) is 0 Å². The van der Waals surface area contributed by atoms with Crippen LogP contribution in [0.1, 0.15) is 30.9 Å². The van der Waals surface area contributed by atoms with Gasteiger partial charge in [-0.25, -0.2) is 4.98 Å². The maximum atomic E-state index is 11.2. The second-order valence-corrected chi connectivity index (χ2v) is 7.98. The molecule has 0 bridgehead atoms. The summed E-state index contributed by atoms with van der Waals surface area (Å²) >= 11 is 0. The molecule has 2 aliphatic rings. The van der Waals surface area contributed by atoms with E-state index in [1.807, 2.05) is 0 Å². The molecule has 9 nitrogen and oxygen atoms in total. The molecule has 0 atom stereocenters. The van der Waals surface area contributed by atoms with Crippen LogP contribution < -0.4 is 10.6 Å². The summed E-state index contributed by atoms with van der Waals surface area (Å²) in [5.74, 6) is 0.681. The molecule has 0 amide bonds. The molecule has 160 valence electrons. The summed E-state index contributed by atoms with van der Waals surface area (Å²) in [5, 5.41) is 17.5. The Morgan fingerprint density at radius 2 is 1.77 bits per heavy atom. The highest BCUT2D eigenvalue weighted by atomic mass is 16.6. The molecule has 0 radical (unpaired) electrons. The second-order valence-electron chi connectivity index (χ2n) is 7.98. The lowest BCUT2D eigenvalue weighted by molar-refractivity contribution is -0.384. The molecule has 1 aromatic carbocycles. The predicted octanol–water partition coefficient (Wildman–Crippen LogP) is 2.71. The molecule has 9 heteroatoms. The molecule has 1 saturated heterocycles. The van der Waals surface area contributed by atoms with Crippen molar-refractivity contribution in [1.82, 2.24) is 19.8 Å². The van der Waals surface area contributed by atoms with Gasteiger partial charge in [-0.2, -0.15) is 4.98 Å². The van der Waals surface area contributed by atoms with Crippen LogP contribution in [0.25, 0.3) is 0 Å². The van der Waals surface area contributed by atoms with Crippen molar-refractivity contribution in [3.8, 4) is 0 Å². The molecule has 1 aliphatic carbocycles. The maximum absolute atomic E-state index is 11.2. The van der Waals surface area contributed by atoms with E-state index in [1.54, 1.807) is 0 Å². The number of rotatable bonds is 9. The van der Waals surface area contributed by atoms with Crippen LogP contribution >= 0.6 is 0 Å². The summed E-state index contributed by atoms with van der Waals surface area (Å²) in [6.45, 7) is 9.41. The van der Waals surface area contributed by atoms with E-state index in [1.165, 1.54) is 11.8 Å². The summed E-state index contributed by atoms with van der Waals surface area (Å²) in [5.41, 5.74) is 2.34. The topological polar surface area (TPSA) is 99.5 Å². The summed E-state index contributed by atoms with van der Waals surface area (Å²) in [7, 11) is 0. The summed E-state index contributed by atoms with van der Waals surface area (Å²) in [6.07, 6.45) is 3.30. The Balaban J connectivity index is 1.31. The molecule has 2 heterocycles. The zero-order valence-electron chi connectivity index (χ0n) is 17.4. The van der Waals surface area contributed by atoms with Crippen molar-refractivity contribution in [1.29, 1.82) is 0 Å². The molecular formula is C21H29N7O2. The number of piperazine rings is 1. The molecule has 0 spiro atoms. The van der Waals surface area contributed by atoms with E-state index in [0.29, 0.717) is 18.3 Å². The van der Waals surface area contributed by atoms with E-state index in [4.69, 9.17) is 0 Å². The Morgan fingerprint density at radius 1 is 1.10 bits per heavy atom. The van der Waals surface area contributed by atoms with Crippen molar-refractivity contribution >= 4 is 17.5 Å². The Hall–Kier alpha value is -2.78. The van der Waals surface area contributed by atoms with Crippen molar-refractivity contribution in [2.75, 3.05) is 43.4 Å². The summed E-state index contributed by atoms with van der Waals surface area (Å²) in [6, 6.07) is 8.84. The van der Waals surface area contributed by atoms with Gasteiger partial charge in [0.05, 0.1) is 4.92 Å². The number of benzene rings is 1. The summed E-state index contributed by atoms with van der Waals surface area (Å²) in [4.78, 5) is 24.1. The van der Waals surface area contributed by atoms with Gasteiger partial charge in [-0.05, 0) is 30.5 Å². The van der Waals surface area contributed by atoms with Crippen LogP contribution in [0.3, 0.4) is 0 Å². The normalized spacial score (nSPS) is 17.6. The van der Waals surface area contributed by atoms with E-state index in [9.17, 15) is 10.1 Å². The van der Waals surface area contributed by atoms with Crippen LogP contribution in [0, 0.1) is 10.1 Å². The van der Waals surface area contributed by atoms with Crippen LogP contribution in [0.2, 0.25) is 0 Å². The monoisotopic (exact) mass is 411 g/mol. The molecule has 1 aliphatic heterocycles. The number of nitrogens with one attached hydrogen (secondary N) is 2. The third kappa shape index (κ3) is 5.43. The van der Waals surface area contributed by atoms with E-state index >= 15 is 0 Å². The number of aromatic nitrogens is 2. The first-order valence-electron chi connectivity index (χ1n) is 10.6. The van der Waals surface area contributed by atoms with Crippen molar-refractivity contribution < 1.29 is 4.92 Å². The number of nitrogens with zero attached hydrogens (tertiary/aromatic N) is 5. The zero-order valence-corrected chi connectivity index (χ0v) is 17.4. The van der Waals surface area contributed by atoms with E-state index in [2.05, 4.69) is 61.6 Å². The Labute approximate surface area is 176 Å². The van der Waals surface area contributed by atoms with E-state index in [0.717, 1.165) is 57.7 Å². The van der Waals surface area contributed by atoms with Crippen molar-refractivity contribution in [3.05, 3.63) is 51.7 Å². The molecule has 2 fully saturated rings. The second kappa shape index (κ2) is 9.36. The van der Waals surface area contributed by atoms with Crippen molar-refractivity contribution in [2.24, 2.45) is 0 Å². The van der Waals surface area contributed by atoms with Gasteiger partial charge in [0, 0.05) is 45.3 Å². The first kappa shape index (κ1) is 20.5. The number of anilines is 2. The first-order valence-corrected chi connectivity index (χ1v) is 10.6. The lowest BCUT2D eigenvalue weighted by atomic mass is 10.1. The lowest BCUT2D eigenvalue weighted by Gasteiger charge is -2.34. The maximum Gasteiger partial charge on any atom is 0.329 e. The standard InChI is InChI=1S/C21H29N7O2/c1-2-26-9-11-27(12-10-26)15-17-5-3-16(4-6-17)13-22-21-23-14-19(28(29)30)20(25-21)24-18-7-8-18/h3-6,14,18H,2,7-13,15H2,1H3,(H2,22,23,24,25). The zero-order chi connectivity index (χ0) is 20.9. The van der Waals surface area contributed by atoms with Gasteiger partial charge < -0.3 is 15.5 Å². The number of hydrogen-bond acceptors (Lipinski definition) is 8. The molecular weight excluding hydrogens is 382 g/mol. The third-order valence-electron chi connectivity index (χ3n) is 5.68. The molecule has 1 aromatic heterocycles. The molecule has 4 rings (SSSR count). The molecule has 0 unspecified atom stereocenters. The number of likely N-dealkylation sites (N-methyl/N-ethyl adjacent to an activating group) is 1. The fourth-order valence-electron chi connectivity index (χ4n) is 3.59. The van der Waals surface area contributed by atoms with Gasteiger partial charge in [0.1, 0.15) is 6.20 Å². The van der Waals surface area contributed by atoms with Gasteiger partial charge in [-0.1, -0.05) is 31.2 Å². The highest BCUT2D eigenvalue weighted by Crippen LogP contribution is 2.29. The quantitative estimate of drug-likeness (QED) is 0.480.